The Kier molecular flexibility index (Phi) is 2.31. The van der Waals surface area contributed by atoms with Gasteiger partial charge in [0.1, 0.15) is 0 Å². The van der Waals surface area contributed by atoms with Gasteiger partial charge in [0.15, 0.2) is 0 Å². The van der Waals surface area contributed by atoms with Crippen molar-refractivity contribution < 1.29 is 4.79 Å². The zero-order valence-corrected chi connectivity index (χ0v) is 9.15. The summed E-state index contributed by atoms with van der Waals surface area (Å²) in [5.41, 5.74) is 1.23. The third-order valence-corrected chi connectivity index (χ3v) is 3.51. The van der Waals surface area contributed by atoms with Crippen molar-refractivity contribution in [2.45, 2.75) is 38.0 Å². The number of nitrogens with zero attached hydrogens (tertiary/aromatic N) is 2. The fourth-order valence-corrected chi connectivity index (χ4v) is 2.73. The maximum Gasteiger partial charge on any atom is 0.368 e. The Morgan fingerprint density at radius 1 is 1.06 bits per heavy atom. The highest BCUT2D eigenvalue weighted by atomic mass is 16.2. The largest absolute Gasteiger partial charge is 0.368 e. The van der Waals surface area contributed by atoms with E-state index in [-0.39, 0.29) is 6.03 Å². The van der Waals surface area contributed by atoms with Crippen LogP contribution in [0, 0.1) is 0 Å². The molecule has 0 N–H and O–H groups in total. The van der Waals surface area contributed by atoms with Crippen LogP contribution in [0.25, 0.3) is 0 Å². The average molecular weight is 214 g/mol. The summed E-state index contributed by atoms with van der Waals surface area (Å²) in [5.74, 6) is 0.577. The van der Waals surface area contributed by atoms with E-state index in [1.165, 1.54) is 37.7 Å². The molecule has 0 atom stereocenters. The molecule has 1 aromatic rings. The van der Waals surface area contributed by atoms with Gasteiger partial charge in [0.25, 0.3) is 0 Å². The number of amides is 2. The number of urea groups is 1. The number of carbonyl (C=O) groups excluding carboxylic acids is 1. The first-order valence-corrected chi connectivity index (χ1v) is 5.95. The summed E-state index contributed by atoms with van der Waals surface area (Å²) in [7, 11) is 0. The second-order valence-corrected chi connectivity index (χ2v) is 4.56. The van der Waals surface area contributed by atoms with Crippen LogP contribution in [0.1, 0.15) is 43.6 Å². The fraction of sp³-hybridized carbons (Fsp3) is 0.462. The lowest BCUT2D eigenvalue weighted by atomic mass is 9.84. The van der Waals surface area contributed by atoms with Gasteiger partial charge in [-0.05, 0) is 30.4 Å². The van der Waals surface area contributed by atoms with Gasteiger partial charge < -0.3 is 0 Å². The summed E-state index contributed by atoms with van der Waals surface area (Å²) >= 11 is 0. The van der Waals surface area contributed by atoms with Gasteiger partial charge in [-0.2, -0.15) is 9.98 Å². The molecule has 3 nitrogen and oxygen atoms in total. The monoisotopic (exact) mass is 214 g/mol. The molecule has 0 saturated heterocycles. The molecule has 1 saturated carbocycles. The second-order valence-electron chi connectivity index (χ2n) is 4.56. The molecule has 0 aromatic heterocycles. The lowest BCUT2D eigenvalue weighted by molar-refractivity contribution is 0.256. The van der Waals surface area contributed by atoms with Gasteiger partial charge in [-0.3, -0.25) is 0 Å². The predicted molar refractivity (Wildman–Crippen MR) is 60.0 cm³/mol. The topological polar surface area (TPSA) is 41.8 Å². The maximum atomic E-state index is 11.2. The first kappa shape index (κ1) is 9.70. The minimum absolute atomic E-state index is 0.349. The van der Waals surface area contributed by atoms with Crippen molar-refractivity contribution in [1.29, 1.82) is 0 Å². The molecule has 3 heteroatoms. The van der Waals surface area contributed by atoms with Crippen molar-refractivity contribution in [3.8, 4) is 0 Å². The Hall–Kier alpha value is -1.51. The van der Waals surface area contributed by atoms with E-state index in [1.807, 2.05) is 12.1 Å². The Morgan fingerprint density at radius 3 is 2.69 bits per heavy atom. The Morgan fingerprint density at radius 2 is 1.88 bits per heavy atom. The van der Waals surface area contributed by atoms with Gasteiger partial charge in [-0.25, -0.2) is 4.79 Å². The van der Waals surface area contributed by atoms with E-state index in [2.05, 4.69) is 16.1 Å². The molecule has 0 bridgehead atoms. The molecule has 0 unspecified atom stereocenters. The third-order valence-electron chi connectivity index (χ3n) is 3.51. The van der Waals surface area contributed by atoms with Crippen LogP contribution in [0.15, 0.2) is 28.2 Å². The molecule has 2 aliphatic rings. The number of rotatable bonds is 1. The Labute approximate surface area is 93.9 Å². The molecular formula is C13H14N2O. The summed E-state index contributed by atoms with van der Waals surface area (Å²) in [6.07, 6.45) is 6.37. The van der Waals surface area contributed by atoms with Crippen LogP contribution >= 0.6 is 0 Å². The number of hydrogen-bond donors (Lipinski definition) is 0. The Bertz CT molecular complexity index is 542. The molecule has 1 aliphatic carbocycles. The van der Waals surface area contributed by atoms with Crippen LogP contribution in [0.5, 0.6) is 0 Å². The van der Waals surface area contributed by atoms with E-state index in [1.54, 1.807) is 0 Å². The fourth-order valence-electron chi connectivity index (χ4n) is 2.73. The van der Waals surface area contributed by atoms with Gasteiger partial charge in [0, 0.05) is 0 Å². The molecule has 0 radical (unpaired) electrons. The third kappa shape index (κ3) is 1.56. The summed E-state index contributed by atoms with van der Waals surface area (Å²) in [5, 5.41) is 1.59. The standard InChI is InChI=1S/C13H14N2O/c16-13-14-11-8-4-7-10(12(11)15-13)9-5-2-1-3-6-9/h4,7-9H,1-3,5-6H2. The second kappa shape index (κ2) is 3.81. The van der Waals surface area contributed by atoms with Crippen LogP contribution < -0.4 is 10.7 Å². The predicted octanol–water partition coefficient (Wildman–Crippen LogP) is 2.11. The molecule has 3 rings (SSSR count). The van der Waals surface area contributed by atoms with E-state index in [0.717, 1.165) is 10.7 Å². The van der Waals surface area contributed by atoms with Gasteiger partial charge in [-0.1, -0.05) is 31.4 Å². The van der Waals surface area contributed by atoms with Crippen LogP contribution in [0.3, 0.4) is 0 Å². The summed E-state index contributed by atoms with van der Waals surface area (Å²) in [6.45, 7) is 0. The average Bonchev–Trinajstić information content (AvgIpc) is 2.70. The molecule has 2 amide bonds. The lowest BCUT2D eigenvalue weighted by Crippen LogP contribution is -2.28. The van der Waals surface area contributed by atoms with E-state index in [4.69, 9.17) is 0 Å². The first-order valence-electron chi connectivity index (χ1n) is 5.95. The quantitative estimate of drug-likeness (QED) is 0.706. The van der Waals surface area contributed by atoms with E-state index in [9.17, 15) is 4.79 Å². The molecule has 1 aromatic carbocycles. The van der Waals surface area contributed by atoms with Gasteiger partial charge >= 0.3 is 6.03 Å². The van der Waals surface area contributed by atoms with Crippen LogP contribution in [0.2, 0.25) is 0 Å². The summed E-state index contributed by atoms with van der Waals surface area (Å²) in [4.78, 5) is 19.1. The number of benzene rings is 1. The lowest BCUT2D eigenvalue weighted by Gasteiger charge is -2.21. The highest BCUT2D eigenvalue weighted by molar-refractivity contribution is 5.77. The van der Waals surface area contributed by atoms with Gasteiger partial charge in [0.05, 0.1) is 10.7 Å². The normalized spacial score (nSPS) is 20.1. The molecule has 82 valence electrons. The molecule has 16 heavy (non-hydrogen) atoms. The zero-order valence-electron chi connectivity index (χ0n) is 9.15. The van der Waals surface area contributed by atoms with Gasteiger partial charge in [0.2, 0.25) is 0 Å². The highest BCUT2D eigenvalue weighted by Crippen LogP contribution is 2.30. The number of fused-ring (bicyclic) bond motifs is 1. The van der Waals surface area contributed by atoms with E-state index >= 15 is 0 Å². The molecule has 1 heterocycles. The van der Waals surface area contributed by atoms with E-state index in [0.29, 0.717) is 5.92 Å². The van der Waals surface area contributed by atoms with Crippen molar-refractivity contribution in [2.75, 3.05) is 0 Å². The number of para-hydroxylation sites is 1. The minimum Gasteiger partial charge on any atom is -0.244 e. The highest BCUT2D eigenvalue weighted by Gasteiger charge is 2.19. The van der Waals surface area contributed by atoms with Crippen molar-refractivity contribution in [2.24, 2.45) is 9.98 Å². The molecule has 1 aliphatic heterocycles. The number of hydrogen-bond acceptors (Lipinski definition) is 1. The minimum atomic E-state index is -0.349. The zero-order chi connectivity index (χ0) is 11.0. The molecule has 1 fully saturated rings. The van der Waals surface area contributed by atoms with Crippen LogP contribution in [-0.2, 0) is 0 Å². The summed E-state index contributed by atoms with van der Waals surface area (Å²) < 4.78 is 0. The van der Waals surface area contributed by atoms with Crippen molar-refractivity contribution in [1.82, 2.24) is 0 Å². The Balaban J connectivity index is 2.10. The van der Waals surface area contributed by atoms with Crippen LogP contribution in [-0.4, -0.2) is 6.03 Å². The van der Waals surface area contributed by atoms with E-state index < -0.39 is 0 Å². The molecule has 0 spiro atoms. The van der Waals surface area contributed by atoms with Crippen molar-refractivity contribution >= 4 is 6.03 Å². The SMILES string of the molecule is O=C1N=c2cccc(C3CCCCC3)c2=N1. The summed E-state index contributed by atoms with van der Waals surface area (Å²) in [6, 6.07) is 5.61. The molecular weight excluding hydrogens is 200 g/mol. The maximum absolute atomic E-state index is 11.2. The van der Waals surface area contributed by atoms with Crippen molar-refractivity contribution in [3.05, 3.63) is 34.5 Å². The van der Waals surface area contributed by atoms with Gasteiger partial charge in [-0.15, -0.1) is 0 Å². The number of carbonyl (C=O) groups is 1. The van der Waals surface area contributed by atoms with Crippen molar-refractivity contribution in [3.63, 3.8) is 0 Å². The smallest absolute Gasteiger partial charge is 0.244 e. The first-order chi connectivity index (χ1) is 7.84. The van der Waals surface area contributed by atoms with Crippen LogP contribution in [0.4, 0.5) is 4.79 Å².